The molecule has 2 heterocycles. The van der Waals surface area contributed by atoms with E-state index < -0.39 is 11.2 Å². The molecule has 0 bridgehead atoms. The maximum atomic E-state index is 11.0. The molecule has 0 amide bonds. The summed E-state index contributed by atoms with van der Waals surface area (Å²) in [6, 6.07) is 0. The number of aliphatic hydroxyl groups is 1. The first-order valence-corrected chi connectivity index (χ1v) is 6.00. The quantitative estimate of drug-likeness (QED) is 0.812. The molecular formula is C13H22N2O2. The van der Waals surface area contributed by atoms with E-state index in [2.05, 4.69) is 4.98 Å². The molecule has 4 nitrogen and oxygen atoms in total. The fraction of sp³-hybridized carbons (Fsp3) is 0.769. The second-order valence-electron chi connectivity index (χ2n) is 6.16. The minimum atomic E-state index is -0.994. The third-order valence-corrected chi connectivity index (χ3v) is 3.85. The lowest BCUT2D eigenvalue weighted by Gasteiger charge is -2.35. The Morgan fingerprint density at radius 1 is 1.35 bits per heavy atom. The molecule has 1 aromatic heterocycles. The molecule has 1 fully saturated rings. The fourth-order valence-electron chi connectivity index (χ4n) is 2.93. The van der Waals surface area contributed by atoms with Gasteiger partial charge in [0, 0.05) is 13.5 Å². The smallest absolute Gasteiger partial charge is 0.137 e. The van der Waals surface area contributed by atoms with Crippen LogP contribution in [0.3, 0.4) is 0 Å². The van der Waals surface area contributed by atoms with Crippen LogP contribution in [-0.4, -0.2) is 25.9 Å². The van der Waals surface area contributed by atoms with Crippen molar-refractivity contribution in [3.63, 3.8) is 0 Å². The maximum absolute atomic E-state index is 11.0. The number of aryl methyl sites for hydroxylation is 1. The molecule has 0 aromatic carbocycles. The van der Waals surface area contributed by atoms with Gasteiger partial charge in [0.05, 0.1) is 23.1 Å². The molecule has 17 heavy (non-hydrogen) atoms. The molecule has 0 radical (unpaired) electrons. The van der Waals surface area contributed by atoms with Crippen molar-refractivity contribution in [3.8, 4) is 0 Å². The predicted octanol–water partition coefficient (Wildman–Crippen LogP) is 1.89. The Bertz CT molecular complexity index is 448. The van der Waals surface area contributed by atoms with Crippen LogP contribution in [0.15, 0.2) is 6.20 Å². The van der Waals surface area contributed by atoms with E-state index in [-0.39, 0.29) is 5.60 Å². The highest BCUT2D eigenvalue weighted by molar-refractivity contribution is 5.22. The average molecular weight is 238 g/mol. The minimum Gasteiger partial charge on any atom is -0.380 e. The van der Waals surface area contributed by atoms with Gasteiger partial charge < -0.3 is 14.4 Å². The Kier molecular flexibility index (Phi) is 2.46. The molecule has 1 atom stereocenters. The number of rotatable bonds is 1. The van der Waals surface area contributed by atoms with E-state index in [1.54, 1.807) is 6.20 Å². The molecule has 1 N–H and O–H groups in total. The fourth-order valence-corrected chi connectivity index (χ4v) is 2.93. The van der Waals surface area contributed by atoms with Crippen molar-refractivity contribution in [1.82, 2.24) is 9.55 Å². The van der Waals surface area contributed by atoms with Crippen molar-refractivity contribution in [1.29, 1.82) is 0 Å². The minimum absolute atomic E-state index is 0.323. The van der Waals surface area contributed by atoms with Crippen molar-refractivity contribution in [2.45, 2.75) is 57.8 Å². The summed E-state index contributed by atoms with van der Waals surface area (Å²) < 4.78 is 7.92. The zero-order valence-electron chi connectivity index (χ0n) is 11.5. The average Bonchev–Trinajstić information content (AvgIpc) is 2.51. The van der Waals surface area contributed by atoms with Crippen LogP contribution in [0.2, 0.25) is 0 Å². The molecule has 2 rings (SSSR count). The Labute approximate surface area is 103 Å². The highest BCUT2D eigenvalue weighted by atomic mass is 16.5. The summed E-state index contributed by atoms with van der Waals surface area (Å²) in [6.07, 6.45) is 2.33. The SMILES string of the molecule is Cc1ncc(C2(O)CC(C)(C)OC2(C)C)n1C. The van der Waals surface area contributed by atoms with E-state index in [4.69, 9.17) is 4.74 Å². The van der Waals surface area contributed by atoms with Crippen molar-refractivity contribution in [3.05, 3.63) is 17.7 Å². The van der Waals surface area contributed by atoms with Gasteiger partial charge in [0.1, 0.15) is 11.4 Å². The molecule has 0 aliphatic carbocycles. The van der Waals surface area contributed by atoms with E-state index >= 15 is 0 Å². The van der Waals surface area contributed by atoms with Crippen LogP contribution in [0.1, 0.15) is 45.6 Å². The van der Waals surface area contributed by atoms with E-state index in [1.165, 1.54) is 0 Å². The molecule has 96 valence electrons. The monoisotopic (exact) mass is 238 g/mol. The first-order valence-electron chi connectivity index (χ1n) is 6.00. The van der Waals surface area contributed by atoms with Gasteiger partial charge >= 0.3 is 0 Å². The molecule has 1 aliphatic heterocycles. The molecular weight excluding hydrogens is 216 g/mol. The van der Waals surface area contributed by atoms with E-state index in [0.717, 1.165) is 11.5 Å². The van der Waals surface area contributed by atoms with Crippen LogP contribution >= 0.6 is 0 Å². The Hall–Kier alpha value is -0.870. The zero-order valence-corrected chi connectivity index (χ0v) is 11.5. The lowest BCUT2D eigenvalue weighted by Crippen LogP contribution is -2.44. The van der Waals surface area contributed by atoms with Gasteiger partial charge in [0.2, 0.25) is 0 Å². The van der Waals surface area contributed by atoms with Gasteiger partial charge in [0.25, 0.3) is 0 Å². The molecule has 0 saturated carbocycles. The molecule has 0 spiro atoms. The lowest BCUT2D eigenvalue weighted by atomic mass is 9.80. The number of aromatic nitrogens is 2. The Balaban J connectivity index is 2.53. The maximum Gasteiger partial charge on any atom is 0.137 e. The number of hydrogen-bond acceptors (Lipinski definition) is 3. The summed E-state index contributed by atoms with van der Waals surface area (Å²) in [6.45, 7) is 9.82. The molecule has 1 unspecified atom stereocenters. The molecule has 4 heteroatoms. The summed E-state index contributed by atoms with van der Waals surface area (Å²) in [5.41, 5.74) is -1.11. The highest BCUT2D eigenvalue weighted by Crippen LogP contribution is 2.50. The topological polar surface area (TPSA) is 47.3 Å². The van der Waals surface area contributed by atoms with E-state index in [1.807, 2.05) is 46.2 Å². The van der Waals surface area contributed by atoms with Crippen LogP contribution < -0.4 is 0 Å². The Morgan fingerprint density at radius 2 is 1.94 bits per heavy atom. The highest BCUT2D eigenvalue weighted by Gasteiger charge is 2.58. The van der Waals surface area contributed by atoms with Gasteiger partial charge in [-0.2, -0.15) is 0 Å². The molecule has 1 aromatic rings. The third kappa shape index (κ3) is 1.70. The van der Waals surface area contributed by atoms with E-state index in [0.29, 0.717) is 6.42 Å². The lowest BCUT2D eigenvalue weighted by molar-refractivity contribution is -0.132. The van der Waals surface area contributed by atoms with Gasteiger partial charge in [-0.25, -0.2) is 4.98 Å². The second kappa shape index (κ2) is 3.33. The van der Waals surface area contributed by atoms with Crippen LogP contribution in [0, 0.1) is 6.92 Å². The van der Waals surface area contributed by atoms with E-state index in [9.17, 15) is 5.11 Å². The summed E-state index contributed by atoms with van der Waals surface area (Å²) >= 11 is 0. The first kappa shape index (κ1) is 12.6. The number of imidazole rings is 1. The van der Waals surface area contributed by atoms with Crippen molar-refractivity contribution in [2.24, 2.45) is 7.05 Å². The van der Waals surface area contributed by atoms with Crippen molar-refractivity contribution < 1.29 is 9.84 Å². The third-order valence-electron chi connectivity index (χ3n) is 3.85. The molecule has 1 aliphatic rings. The second-order valence-corrected chi connectivity index (χ2v) is 6.16. The van der Waals surface area contributed by atoms with Gasteiger partial charge in [-0.15, -0.1) is 0 Å². The number of hydrogen-bond donors (Lipinski definition) is 1. The van der Waals surface area contributed by atoms with Crippen LogP contribution in [-0.2, 0) is 17.4 Å². The van der Waals surface area contributed by atoms with Gasteiger partial charge in [0.15, 0.2) is 0 Å². The van der Waals surface area contributed by atoms with Crippen LogP contribution in [0.5, 0.6) is 0 Å². The van der Waals surface area contributed by atoms with Crippen molar-refractivity contribution >= 4 is 0 Å². The van der Waals surface area contributed by atoms with Crippen LogP contribution in [0.4, 0.5) is 0 Å². The van der Waals surface area contributed by atoms with Gasteiger partial charge in [-0.1, -0.05) is 0 Å². The molecule has 1 saturated heterocycles. The standard InChI is InChI=1S/C13H22N2O2/c1-9-14-7-10(15(9)6)13(16)8-11(2,3)17-12(13,4)5/h7,16H,8H2,1-6H3. The summed E-state index contributed by atoms with van der Waals surface area (Å²) in [7, 11) is 1.93. The van der Waals surface area contributed by atoms with Gasteiger partial charge in [-0.3, -0.25) is 0 Å². The van der Waals surface area contributed by atoms with Crippen molar-refractivity contribution in [2.75, 3.05) is 0 Å². The van der Waals surface area contributed by atoms with Gasteiger partial charge in [-0.05, 0) is 34.6 Å². The Morgan fingerprint density at radius 3 is 2.29 bits per heavy atom. The number of ether oxygens (including phenoxy) is 1. The summed E-state index contributed by atoms with van der Waals surface area (Å²) in [5.74, 6) is 0.897. The largest absolute Gasteiger partial charge is 0.380 e. The predicted molar refractivity (Wildman–Crippen MR) is 65.7 cm³/mol. The normalized spacial score (nSPS) is 30.8. The van der Waals surface area contributed by atoms with Crippen LogP contribution in [0.25, 0.3) is 0 Å². The summed E-state index contributed by atoms with van der Waals surface area (Å²) in [4.78, 5) is 4.27. The first-order chi connectivity index (χ1) is 7.59. The zero-order chi connectivity index (χ0) is 13.1. The number of nitrogens with zero attached hydrogens (tertiary/aromatic N) is 2. The summed E-state index contributed by atoms with van der Waals surface area (Å²) in [5, 5.41) is 11.0.